The molecule has 1 aliphatic heterocycles. The highest BCUT2D eigenvalue weighted by atomic mass is 35.5. The van der Waals surface area contributed by atoms with Gasteiger partial charge in [0.15, 0.2) is 0 Å². The normalized spacial score (nSPS) is 15.7. The number of nitrogens with one attached hydrogen (secondary N) is 1. The van der Waals surface area contributed by atoms with Crippen LogP contribution in [-0.4, -0.2) is 40.1 Å². The van der Waals surface area contributed by atoms with Crippen LogP contribution in [0, 0.1) is 12.7 Å². The lowest BCUT2D eigenvalue weighted by atomic mass is 10.0. The summed E-state index contributed by atoms with van der Waals surface area (Å²) < 4.78 is 15.2. The van der Waals surface area contributed by atoms with Crippen molar-refractivity contribution in [3.63, 3.8) is 0 Å². The van der Waals surface area contributed by atoms with Gasteiger partial charge in [0.05, 0.1) is 17.2 Å². The van der Waals surface area contributed by atoms with E-state index in [2.05, 4.69) is 27.3 Å². The van der Waals surface area contributed by atoms with E-state index >= 15 is 0 Å². The molecule has 30 heavy (non-hydrogen) atoms. The van der Waals surface area contributed by atoms with Gasteiger partial charge in [-0.25, -0.2) is 4.39 Å². The van der Waals surface area contributed by atoms with Crippen molar-refractivity contribution >= 4 is 22.6 Å². The summed E-state index contributed by atoms with van der Waals surface area (Å²) in [7, 11) is 0. The molecule has 158 valence electrons. The van der Waals surface area contributed by atoms with E-state index in [4.69, 9.17) is 11.6 Å². The van der Waals surface area contributed by atoms with E-state index in [0.29, 0.717) is 23.6 Å². The molecular weight excluding hydrogens is 403 g/mol. The fourth-order valence-electron chi connectivity index (χ4n) is 3.98. The van der Waals surface area contributed by atoms with Crippen molar-refractivity contribution in [1.29, 1.82) is 0 Å². The van der Waals surface area contributed by atoms with Gasteiger partial charge in [-0.15, -0.1) is 0 Å². The summed E-state index contributed by atoms with van der Waals surface area (Å²) in [6, 6.07) is 11.2. The first kappa shape index (κ1) is 21.0. The van der Waals surface area contributed by atoms with E-state index < -0.39 is 5.82 Å². The molecule has 0 atom stereocenters. The van der Waals surface area contributed by atoms with E-state index in [0.717, 1.165) is 49.6 Å². The lowest BCUT2D eigenvalue weighted by Gasteiger charge is -2.32. The lowest BCUT2D eigenvalue weighted by molar-refractivity contribution is 0.191. The van der Waals surface area contributed by atoms with E-state index in [-0.39, 0.29) is 5.56 Å². The molecule has 0 unspecified atom stereocenters. The molecular formula is C23H26ClFN4O. The minimum absolute atomic E-state index is 0.122. The first-order valence-electron chi connectivity index (χ1n) is 10.4. The Morgan fingerprint density at radius 1 is 1.17 bits per heavy atom. The van der Waals surface area contributed by atoms with E-state index in [1.54, 1.807) is 10.6 Å². The Morgan fingerprint density at radius 2 is 1.97 bits per heavy atom. The van der Waals surface area contributed by atoms with Gasteiger partial charge in [0.2, 0.25) is 0 Å². The molecule has 1 saturated heterocycles. The van der Waals surface area contributed by atoms with Crippen molar-refractivity contribution in [2.75, 3.05) is 19.6 Å². The third-order valence-electron chi connectivity index (χ3n) is 5.86. The highest BCUT2D eigenvalue weighted by molar-refractivity contribution is 6.31. The van der Waals surface area contributed by atoms with Crippen molar-refractivity contribution in [1.82, 2.24) is 19.8 Å². The maximum Gasteiger partial charge on any atom is 0.251 e. The summed E-state index contributed by atoms with van der Waals surface area (Å²) >= 11 is 6.21. The largest absolute Gasteiger partial charge is 0.310 e. The summed E-state index contributed by atoms with van der Waals surface area (Å²) in [5.41, 5.74) is 3.36. The van der Waals surface area contributed by atoms with Crippen molar-refractivity contribution in [3.05, 3.63) is 74.9 Å². The Balaban J connectivity index is 1.30. The second kappa shape index (κ2) is 9.25. The average Bonchev–Trinajstić information content (AvgIpc) is 2.74. The maximum absolute atomic E-state index is 13.6. The minimum atomic E-state index is -0.427. The smallest absolute Gasteiger partial charge is 0.251 e. The van der Waals surface area contributed by atoms with Gasteiger partial charge in [-0.1, -0.05) is 23.7 Å². The van der Waals surface area contributed by atoms with Crippen LogP contribution in [0.25, 0.3) is 11.0 Å². The SMILES string of the molecule is Cc1ccc(CNC2CCN(CCn3c(=O)ccc4ncc(F)cc43)CC2)cc1Cl. The number of fused-ring (bicyclic) bond motifs is 1. The fraction of sp³-hybridized carbons (Fsp3) is 0.391. The first-order chi connectivity index (χ1) is 14.5. The topological polar surface area (TPSA) is 50.2 Å². The van der Waals surface area contributed by atoms with Crippen LogP contribution in [0.1, 0.15) is 24.0 Å². The molecule has 1 N–H and O–H groups in total. The average molecular weight is 429 g/mol. The predicted molar refractivity (Wildman–Crippen MR) is 118 cm³/mol. The Labute approximate surface area is 180 Å². The zero-order valence-electron chi connectivity index (χ0n) is 17.1. The number of hydrogen-bond acceptors (Lipinski definition) is 4. The first-order valence-corrected chi connectivity index (χ1v) is 10.7. The summed E-state index contributed by atoms with van der Waals surface area (Å²) in [6.07, 6.45) is 3.29. The molecule has 0 spiro atoms. The van der Waals surface area contributed by atoms with Crippen LogP contribution in [0.15, 0.2) is 47.4 Å². The molecule has 0 amide bonds. The number of halogens is 2. The minimum Gasteiger partial charge on any atom is -0.310 e. The van der Waals surface area contributed by atoms with E-state index in [1.807, 2.05) is 13.0 Å². The van der Waals surface area contributed by atoms with Crippen LogP contribution in [0.5, 0.6) is 0 Å². The molecule has 2 aromatic heterocycles. The van der Waals surface area contributed by atoms with Gasteiger partial charge in [0.25, 0.3) is 5.56 Å². The summed E-state index contributed by atoms with van der Waals surface area (Å²) in [6.45, 7) is 6.05. The molecule has 1 aliphatic rings. The van der Waals surface area contributed by atoms with Crippen LogP contribution >= 0.6 is 11.6 Å². The number of likely N-dealkylation sites (tertiary alicyclic amines) is 1. The van der Waals surface area contributed by atoms with Gasteiger partial charge >= 0.3 is 0 Å². The van der Waals surface area contributed by atoms with Gasteiger partial charge in [0, 0.05) is 42.8 Å². The van der Waals surface area contributed by atoms with Crippen LogP contribution < -0.4 is 10.9 Å². The molecule has 1 fully saturated rings. The number of benzene rings is 1. The molecule has 5 nitrogen and oxygen atoms in total. The number of pyridine rings is 2. The molecule has 4 rings (SSSR count). The van der Waals surface area contributed by atoms with Gasteiger partial charge < -0.3 is 14.8 Å². The number of aryl methyl sites for hydroxylation is 1. The molecule has 7 heteroatoms. The molecule has 0 bridgehead atoms. The zero-order chi connectivity index (χ0) is 21.1. The van der Waals surface area contributed by atoms with Gasteiger partial charge in [-0.2, -0.15) is 0 Å². The van der Waals surface area contributed by atoms with Gasteiger partial charge in [-0.3, -0.25) is 9.78 Å². The molecule has 0 saturated carbocycles. The zero-order valence-corrected chi connectivity index (χ0v) is 17.8. The second-order valence-corrected chi connectivity index (χ2v) is 8.37. The number of hydrogen-bond donors (Lipinski definition) is 1. The van der Waals surface area contributed by atoms with Gasteiger partial charge in [0.1, 0.15) is 5.82 Å². The van der Waals surface area contributed by atoms with Crippen molar-refractivity contribution < 1.29 is 4.39 Å². The molecule has 1 aromatic carbocycles. The highest BCUT2D eigenvalue weighted by Gasteiger charge is 2.19. The Kier molecular flexibility index (Phi) is 6.46. The monoisotopic (exact) mass is 428 g/mol. The van der Waals surface area contributed by atoms with Crippen LogP contribution in [-0.2, 0) is 13.1 Å². The molecule has 0 radical (unpaired) electrons. The predicted octanol–water partition coefficient (Wildman–Crippen LogP) is 3.75. The highest BCUT2D eigenvalue weighted by Crippen LogP contribution is 2.18. The molecule has 0 aliphatic carbocycles. The van der Waals surface area contributed by atoms with E-state index in [9.17, 15) is 9.18 Å². The number of rotatable bonds is 6. The van der Waals surface area contributed by atoms with Crippen LogP contribution in [0.4, 0.5) is 4.39 Å². The maximum atomic E-state index is 13.6. The summed E-state index contributed by atoms with van der Waals surface area (Å²) in [5.74, 6) is -0.427. The standard InChI is InChI=1S/C23H26ClFN4O/c1-16-2-3-17(12-20(16)24)14-26-19-6-8-28(9-7-19)10-11-29-22-13-18(25)15-27-21(22)4-5-23(29)30/h2-5,12-13,15,19,26H,6-11,14H2,1H3. The van der Waals surface area contributed by atoms with Crippen LogP contribution in [0.3, 0.4) is 0 Å². The van der Waals surface area contributed by atoms with Gasteiger partial charge in [-0.05, 0) is 56.1 Å². The van der Waals surface area contributed by atoms with Crippen molar-refractivity contribution in [3.8, 4) is 0 Å². The number of piperidine rings is 1. The Hall–Kier alpha value is -2.28. The van der Waals surface area contributed by atoms with Crippen molar-refractivity contribution in [2.24, 2.45) is 0 Å². The van der Waals surface area contributed by atoms with E-state index in [1.165, 1.54) is 23.9 Å². The third kappa shape index (κ3) is 4.89. The molecule has 3 heterocycles. The quantitative estimate of drug-likeness (QED) is 0.649. The second-order valence-electron chi connectivity index (χ2n) is 7.96. The van der Waals surface area contributed by atoms with Crippen molar-refractivity contribution in [2.45, 2.75) is 38.9 Å². The lowest BCUT2D eigenvalue weighted by Crippen LogP contribution is -2.43. The van der Waals surface area contributed by atoms with Crippen LogP contribution in [0.2, 0.25) is 5.02 Å². The fourth-order valence-corrected chi connectivity index (χ4v) is 4.19. The Morgan fingerprint density at radius 3 is 2.73 bits per heavy atom. The Bertz CT molecular complexity index is 1090. The molecule has 3 aromatic rings. The summed E-state index contributed by atoms with van der Waals surface area (Å²) in [5, 5.41) is 4.44. The number of nitrogens with zero attached hydrogens (tertiary/aromatic N) is 3. The summed E-state index contributed by atoms with van der Waals surface area (Å²) in [4.78, 5) is 18.7. The third-order valence-corrected chi connectivity index (χ3v) is 6.27. The number of aromatic nitrogens is 2.